The molecule has 7 nitrogen and oxygen atoms in total. The number of phenols is 2. The van der Waals surface area contributed by atoms with Gasteiger partial charge in [-0.2, -0.15) is 0 Å². The predicted octanol–water partition coefficient (Wildman–Crippen LogP) is 4.01. The minimum Gasteiger partial charge on any atom is -0.507 e. The first-order valence-corrected chi connectivity index (χ1v) is 10.6. The van der Waals surface area contributed by atoms with Crippen LogP contribution in [0.2, 0.25) is 5.02 Å². The highest BCUT2D eigenvalue weighted by Crippen LogP contribution is 2.57. The maximum atomic E-state index is 13.7. The Morgan fingerprint density at radius 3 is 2.36 bits per heavy atom. The molecule has 1 unspecified atom stereocenters. The SMILES string of the molecule is CC(=O)c1c(O)c(C)c(O)c2c1OC1=CC(=O)C(=C(C)NCc3ccc(Cl)cc3)C(=O)C12C. The van der Waals surface area contributed by atoms with Gasteiger partial charge in [0.15, 0.2) is 17.3 Å². The number of halogens is 1. The molecule has 2 aliphatic rings. The number of carbonyl (C=O) groups excluding carboxylic acids is 3. The van der Waals surface area contributed by atoms with Gasteiger partial charge in [-0.3, -0.25) is 14.4 Å². The second kappa shape index (κ2) is 7.78. The van der Waals surface area contributed by atoms with Gasteiger partial charge >= 0.3 is 0 Å². The Balaban J connectivity index is 1.82. The normalized spacial score (nSPS) is 20.6. The minimum absolute atomic E-state index is 0.00421. The van der Waals surface area contributed by atoms with Crippen LogP contribution >= 0.6 is 11.6 Å². The van der Waals surface area contributed by atoms with Crippen molar-refractivity contribution >= 4 is 29.0 Å². The number of ether oxygens (including phenoxy) is 1. The first-order chi connectivity index (χ1) is 15.5. The van der Waals surface area contributed by atoms with Gasteiger partial charge in [0.1, 0.15) is 34.0 Å². The number of hydrogen-bond acceptors (Lipinski definition) is 7. The number of allylic oxidation sites excluding steroid dienone is 4. The Bertz CT molecular complexity index is 1310. The molecule has 2 aromatic carbocycles. The average Bonchev–Trinajstić information content (AvgIpc) is 3.04. The van der Waals surface area contributed by atoms with Gasteiger partial charge in [-0.1, -0.05) is 23.7 Å². The summed E-state index contributed by atoms with van der Waals surface area (Å²) in [6.07, 6.45) is 1.19. The van der Waals surface area contributed by atoms with Gasteiger partial charge in [-0.15, -0.1) is 0 Å². The third kappa shape index (κ3) is 3.31. The fourth-order valence-electron chi connectivity index (χ4n) is 4.29. The highest BCUT2D eigenvalue weighted by atomic mass is 35.5. The molecule has 8 heteroatoms. The van der Waals surface area contributed by atoms with Crippen molar-refractivity contribution in [1.29, 1.82) is 0 Å². The fraction of sp³-hybridized carbons (Fsp3) is 0.240. The number of hydrogen-bond donors (Lipinski definition) is 3. The van der Waals surface area contributed by atoms with Crippen LogP contribution in [0.4, 0.5) is 0 Å². The van der Waals surface area contributed by atoms with E-state index < -0.39 is 28.5 Å². The zero-order valence-corrected chi connectivity index (χ0v) is 19.3. The van der Waals surface area contributed by atoms with Crippen molar-refractivity contribution in [2.75, 3.05) is 0 Å². The second-order valence-corrected chi connectivity index (χ2v) is 8.80. The smallest absolute Gasteiger partial charge is 0.194 e. The van der Waals surface area contributed by atoms with Gasteiger partial charge in [0, 0.05) is 28.9 Å². The van der Waals surface area contributed by atoms with E-state index in [2.05, 4.69) is 5.32 Å². The van der Waals surface area contributed by atoms with Crippen molar-refractivity contribution < 1.29 is 29.3 Å². The summed E-state index contributed by atoms with van der Waals surface area (Å²) in [6.45, 7) is 6.21. The lowest BCUT2D eigenvalue weighted by atomic mass is 9.70. The summed E-state index contributed by atoms with van der Waals surface area (Å²) in [5, 5.41) is 25.0. The van der Waals surface area contributed by atoms with Gasteiger partial charge in [0.25, 0.3) is 0 Å². The van der Waals surface area contributed by atoms with Crippen molar-refractivity contribution in [2.45, 2.75) is 39.7 Å². The van der Waals surface area contributed by atoms with E-state index >= 15 is 0 Å². The van der Waals surface area contributed by atoms with Gasteiger partial charge in [-0.05, 0) is 45.4 Å². The molecule has 1 aliphatic carbocycles. The average molecular weight is 468 g/mol. The fourth-order valence-corrected chi connectivity index (χ4v) is 4.41. The van der Waals surface area contributed by atoms with Crippen molar-refractivity contribution in [1.82, 2.24) is 5.32 Å². The predicted molar refractivity (Wildman–Crippen MR) is 122 cm³/mol. The zero-order chi connectivity index (χ0) is 24.2. The van der Waals surface area contributed by atoms with E-state index in [0.717, 1.165) is 5.56 Å². The number of phenolic OH excluding ortho intramolecular Hbond substituents is 2. The van der Waals surface area contributed by atoms with Crippen LogP contribution in [0.25, 0.3) is 0 Å². The number of carbonyl (C=O) groups is 3. The summed E-state index contributed by atoms with van der Waals surface area (Å²) >= 11 is 5.91. The lowest BCUT2D eigenvalue weighted by molar-refractivity contribution is -0.123. The largest absolute Gasteiger partial charge is 0.507 e. The molecule has 0 radical (unpaired) electrons. The molecule has 0 saturated heterocycles. The molecule has 0 bridgehead atoms. The van der Waals surface area contributed by atoms with Crippen LogP contribution in [0, 0.1) is 6.92 Å². The molecule has 1 atom stereocenters. The minimum atomic E-state index is -1.53. The topological polar surface area (TPSA) is 113 Å². The maximum Gasteiger partial charge on any atom is 0.194 e. The molecular formula is C25H22ClNO6. The number of benzene rings is 2. The lowest BCUT2D eigenvalue weighted by Crippen LogP contribution is -2.41. The number of rotatable bonds is 4. The second-order valence-electron chi connectivity index (χ2n) is 8.37. The van der Waals surface area contributed by atoms with Crippen LogP contribution in [-0.4, -0.2) is 27.6 Å². The molecule has 33 heavy (non-hydrogen) atoms. The number of Topliss-reactive ketones (excluding diaryl/α,β-unsaturated/α-hetero) is 2. The molecule has 1 aliphatic heterocycles. The monoisotopic (exact) mass is 467 g/mol. The van der Waals surface area contributed by atoms with Crippen LogP contribution in [0.15, 0.2) is 47.4 Å². The van der Waals surface area contributed by atoms with E-state index in [1.165, 1.54) is 26.8 Å². The van der Waals surface area contributed by atoms with Gasteiger partial charge < -0.3 is 20.3 Å². The van der Waals surface area contributed by atoms with Gasteiger partial charge in [0.05, 0.1) is 11.1 Å². The van der Waals surface area contributed by atoms with Crippen LogP contribution < -0.4 is 10.1 Å². The molecule has 0 amide bonds. The van der Waals surface area contributed by atoms with E-state index in [4.69, 9.17) is 16.3 Å². The first-order valence-electron chi connectivity index (χ1n) is 10.3. The summed E-state index contributed by atoms with van der Waals surface area (Å²) in [4.78, 5) is 38.9. The maximum absolute atomic E-state index is 13.7. The molecule has 2 aromatic rings. The van der Waals surface area contributed by atoms with Crippen LogP contribution in [0.3, 0.4) is 0 Å². The van der Waals surface area contributed by atoms with Crippen molar-refractivity contribution in [3.63, 3.8) is 0 Å². The summed E-state index contributed by atoms with van der Waals surface area (Å²) in [7, 11) is 0. The van der Waals surface area contributed by atoms with Crippen molar-refractivity contribution in [3.8, 4) is 17.2 Å². The summed E-state index contributed by atoms with van der Waals surface area (Å²) < 4.78 is 5.76. The number of ketones is 3. The van der Waals surface area contributed by atoms with E-state index in [9.17, 15) is 24.6 Å². The molecule has 170 valence electrons. The Labute approximate surface area is 195 Å². The standard InChI is InChI=1S/C25H22ClNO6/c1-11-21(30)19(13(3)28)23-20(22(11)31)25(4)17(33-23)9-16(29)18(24(25)32)12(2)27-10-14-5-7-15(26)8-6-14/h5-9,27,30-31H,10H2,1-4H3. The molecule has 0 aromatic heterocycles. The van der Waals surface area contributed by atoms with E-state index in [-0.39, 0.29) is 39.5 Å². The summed E-state index contributed by atoms with van der Waals surface area (Å²) in [6, 6.07) is 7.14. The number of aromatic hydroxyl groups is 2. The van der Waals surface area contributed by atoms with E-state index in [1.54, 1.807) is 19.1 Å². The lowest BCUT2D eigenvalue weighted by Gasteiger charge is -2.29. The molecule has 3 N–H and O–H groups in total. The Morgan fingerprint density at radius 2 is 1.76 bits per heavy atom. The third-order valence-corrected chi connectivity index (χ3v) is 6.48. The Morgan fingerprint density at radius 1 is 1.12 bits per heavy atom. The molecule has 0 fully saturated rings. The highest BCUT2D eigenvalue weighted by Gasteiger charge is 2.56. The highest BCUT2D eigenvalue weighted by molar-refractivity contribution is 6.31. The van der Waals surface area contributed by atoms with Crippen molar-refractivity contribution in [3.05, 3.63) is 74.6 Å². The first kappa shape index (κ1) is 22.6. The number of nitrogens with one attached hydrogen (secondary N) is 1. The molecule has 0 spiro atoms. The number of fused-ring (bicyclic) bond motifs is 3. The van der Waals surface area contributed by atoms with Gasteiger partial charge in [-0.25, -0.2) is 0 Å². The zero-order valence-electron chi connectivity index (χ0n) is 18.5. The van der Waals surface area contributed by atoms with Crippen LogP contribution in [-0.2, 0) is 21.5 Å². The summed E-state index contributed by atoms with van der Waals surface area (Å²) in [5.41, 5.74) is -0.350. The van der Waals surface area contributed by atoms with Crippen molar-refractivity contribution in [2.24, 2.45) is 0 Å². The molecule has 0 saturated carbocycles. The van der Waals surface area contributed by atoms with E-state index in [1.807, 2.05) is 12.1 Å². The van der Waals surface area contributed by atoms with E-state index in [0.29, 0.717) is 17.3 Å². The molecular weight excluding hydrogens is 446 g/mol. The quantitative estimate of drug-likeness (QED) is 0.353. The third-order valence-electron chi connectivity index (χ3n) is 6.23. The van der Waals surface area contributed by atoms with Gasteiger partial charge in [0.2, 0.25) is 0 Å². The molecule has 4 rings (SSSR count). The Hall–Kier alpha value is -3.58. The molecule has 1 heterocycles. The van der Waals surface area contributed by atoms with Crippen LogP contribution in [0.5, 0.6) is 17.2 Å². The van der Waals surface area contributed by atoms with Crippen LogP contribution in [0.1, 0.15) is 47.8 Å². The summed E-state index contributed by atoms with van der Waals surface area (Å²) in [5.74, 6) is -2.49. The Kier molecular flexibility index (Phi) is 5.33.